The minimum atomic E-state index is -1.08. The van der Waals surface area contributed by atoms with Gasteiger partial charge in [0.05, 0.1) is 0 Å². The molecule has 1 aliphatic rings. The van der Waals surface area contributed by atoms with E-state index in [1.807, 2.05) is 0 Å². The lowest BCUT2D eigenvalue weighted by Crippen LogP contribution is -2.35. The number of nitrogens with zero attached hydrogens (tertiary/aromatic N) is 1. The molecule has 0 aromatic rings. The van der Waals surface area contributed by atoms with Crippen LogP contribution in [0.2, 0.25) is 0 Å². The maximum atomic E-state index is 11.4. The summed E-state index contributed by atoms with van der Waals surface area (Å²) >= 11 is 0. The number of likely N-dealkylation sites (tertiary alicyclic amines) is 1. The Bertz CT molecular complexity index is 291. The van der Waals surface area contributed by atoms with E-state index in [0.717, 1.165) is 23.8 Å². The van der Waals surface area contributed by atoms with E-state index in [1.165, 1.54) is 6.08 Å². The molecule has 0 radical (unpaired) electrons. The molecule has 1 heterocycles. The number of aliphatic carboxylic acids is 1. The third kappa shape index (κ3) is 3.53. The van der Waals surface area contributed by atoms with Crippen molar-refractivity contribution in [1.29, 1.82) is 0 Å². The van der Waals surface area contributed by atoms with Crippen LogP contribution in [0.25, 0.3) is 0 Å². The van der Waals surface area contributed by atoms with Crippen LogP contribution in [-0.2, 0) is 14.4 Å². The summed E-state index contributed by atoms with van der Waals surface area (Å²) in [6, 6.07) is 0. The quantitative estimate of drug-likeness (QED) is 0.546. The predicted molar refractivity (Wildman–Crippen MR) is 52.0 cm³/mol. The molecule has 0 unspecified atom stereocenters. The van der Waals surface area contributed by atoms with Crippen molar-refractivity contribution in [1.82, 2.24) is 4.90 Å². The molecular weight excluding hydrogens is 198 g/mol. The molecule has 0 spiro atoms. The van der Waals surface area contributed by atoms with E-state index in [4.69, 9.17) is 5.11 Å². The zero-order chi connectivity index (χ0) is 11.3. The number of carbonyl (C=O) groups excluding carboxylic acids is 2. The highest BCUT2D eigenvalue weighted by Crippen LogP contribution is 2.12. The predicted octanol–water partition coefficient (Wildman–Crippen LogP) is 0.556. The van der Waals surface area contributed by atoms with Crippen molar-refractivity contribution in [2.24, 2.45) is 0 Å². The summed E-state index contributed by atoms with van der Waals surface area (Å²) < 4.78 is 0. The Morgan fingerprint density at radius 2 is 1.80 bits per heavy atom. The molecule has 0 aliphatic carbocycles. The van der Waals surface area contributed by atoms with Gasteiger partial charge in [0.1, 0.15) is 0 Å². The van der Waals surface area contributed by atoms with Gasteiger partial charge in [-0.1, -0.05) is 6.08 Å². The highest BCUT2D eigenvalue weighted by Gasteiger charge is 2.22. The Hall–Kier alpha value is -1.65. The molecule has 1 saturated heterocycles. The van der Waals surface area contributed by atoms with Crippen LogP contribution < -0.4 is 0 Å². The average molecular weight is 211 g/mol. The second-order valence-electron chi connectivity index (χ2n) is 3.35. The second kappa shape index (κ2) is 5.29. The van der Waals surface area contributed by atoms with Crippen LogP contribution >= 0.6 is 0 Å². The van der Waals surface area contributed by atoms with Gasteiger partial charge < -0.3 is 5.11 Å². The number of hydrogen-bond acceptors (Lipinski definition) is 3. The van der Waals surface area contributed by atoms with Gasteiger partial charge in [-0.3, -0.25) is 14.5 Å². The Morgan fingerprint density at radius 3 is 2.27 bits per heavy atom. The van der Waals surface area contributed by atoms with Crippen LogP contribution in [0.1, 0.15) is 25.7 Å². The first kappa shape index (κ1) is 11.4. The van der Waals surface area contributed by atoms with Crippen molar-refractivity contribution in [3.8, 4) is 0 Å². The first-order valence-electron chi connectivity index (χ1n) is 4.84. The summed E-state index contributed by atoms with van der Waals surface area (Å²) in [7, 11) is 0. The fraction of sp³-hybridized carbons (Fsp3) is 0.500. The molecule has 2 amide bonds. The Morgan fingerprint density at radius 1 is 1.27 bits per heavy atom. The molecule has 5 heteroatoms. The average Bonchev–Trinajstić information content (AvgIpc) is 2.31. The molecule has 0 saturated carbocycles. The molecule has 15 heavy (non-hydrogen) atoms. The molecule has 0 aromatic heterocycles. The van der Waals surface area contributed by atoms with E-state index in [-0.39, 0.29) is 18.4 Å². The van der Waals surface area contributed by atoms with Gasteiger partial charge in [0, 0.05) is 25.5 Å². The first-order chi connectivity index (χ1) is 7.11. The summed E-state index contributed by atoms with van der Waals surface area (Å²) in [6.45, 7) is 0.0595. The van der Waals surface area contributed by atoms with Crippen LogP contribution in [0.5, 0.6) is 0 Å². The van der Waals surface area contributed by atoms with Crippen LogP contribution in [0.4, 0.5) is 0 Å². The molecule has 0 aromatic carbocycles. The lowest BCUT2D eigenvalue weighted by Gasteiger charge is -2.15. The molecule has 0 bridgehead atoms. The number of amides is 2. The third-order valence-corrected chi connectivity index (χ3v) is 2.18. The lowest BCUT2D eigenvalue weighted by atomic mass is 10.2. The highest BCUT2D eigenvalue weighted by atomic mass is 16.4. The number of imide groups is 1. The van der Waals surface area contributed by atoms with E-state index in [1.54, 1.807) is 0 Å². The van der Waals surface area contributed by atoms with Crippen LogP contribution in [0.3, 0.4) is 0 Å². The van der Waals surface area contributed by atoms with Crippen molar-refractivity contribution in [3.63, 3.8) is 0 Å². The van der Waals surface area contributed by atoms with Crippen molar-refractivity contribution >= 4 is 17.8 Å². The zero-order valence-corrected chi connectivity index (χ0v) is 8.31. The number of hydrogen-bond donors (Lipinski definition) is 1. The minimum absolute atomic E-state index is 0.0595. The number of carbonyl (C=O) groups is 3. The van der Waals surface area contributed by atoms with E-state index < -0.39 is 5.97 Å². The third-order valence-electron chi connectivity index (χ3n) is 2.18. The SMILES string of the molecule is O=C(O)C=CCN1C(=O)CCCCC1=O. The molecule has 1 fully saturated rings. The van der Waals surface area contributed by atoms with Gasteiger partial charge in [-0.2, -0.15) is 0 Å². The Kier molecular flexibility index (Phi) is 4.03. The van der Waals surface area contributed by atoms with E-state index in [0.29, 0.717) is 12.8 Å². The molecule has 82 valence electrons. The summed E-state index contributed by atoms with van der Waals surface area (Å²) in [4.78, 5) is 34.2. The molecule has 1 rings (SSSR count). The molecule has 5 nitrogen and oxygen atoms in total. The van der Waals surface area contributed by atoms with Crippen LogP contribution in [0, 0.1) is 0 Å². The normalized spacial score (nSPS) is 18.3. The zero-order valence-electron chi connectivity index (χ0n) is 8.31. The summed E-state index contributed by atoms with van der Waals surface area (Å²) in [5.74, 6) is -1.51. The number of carboxylic acids is 1. The van der Waals surface area contributed by atoms with Crippen molar-refractivity contribution in [2.45, 2.75) is 25.7 Å². The molecular formula is C10H13NO4. The van der Waals surface area contributed by atoms with Gasteiger partial charge in [0.15, 0.2) is 0 Å². The van der Waals surface area contributed by atoms with Crippen molar-refractivity contribution in [3.05, 3.63) is 12.2 Å². The second-order valence-corrected chi connectivity index (χ2v) is 3.35. The fourth-order valence-corrected chi connectivity index (χ4v) is 1.42. The van der Waals surface area contributed by atoms with Gasteiger partial charge in [0.2, 0.25) is 11.8 Å². The maximum absolute atomic E-state index is 11.4. The highest BCUT2D eigenvalue weighted by molar-refractivity contribution is 5.96. The van der Waals surface area contributed by atoms with Crippen molar-refractivity contribution < 1.29 is 19.5 Å². The Labute approximate surface area is 87.4 Å². The molecule has 1 N–H and O–H groups in total. The van der Waals surface area contributed by atoms with E-state index in [2.05, 4.69) is 0 Å². The number of carboxylic acid groups (broad SMARTS) is 1. The van der Waals surface area contributed by atoms with Gasteiger partial charge in [0.25, 0.3) is 0 Å². The van der Waals surface area contributed by atoms with E-state index in [9.17, 15) is 14.4 Å². The smallest absolute Gasteiger partial charge is 0.328 e. The summed E-state index contributed by atoms with van der Waals surface area (Å²) in [6.07, 6.45) is 4.43. The standard InChI is InChI=1S/C10H13NO4/c12-8-4-1-2-5-9(13)11(8)7-3-6-10(14)15/h3,6H,1-2,4-5,7H2,(H,14,15). The van der Waals surface area contributed by atoms with Crippen LogP contribution in [-0.4, -0.2) is 34.3 Å². The topological polar surface area (TPSA) is 74.7 Å². The lowest BCUT2D eigenvalue weighted by molar-refractivity contribution is -0.143. The van der Waals surface area contributed by atoms with Gasteiger partial charge in [-0.05, 0) is 12.8 Å². The summed E-state index contributed by atoms with van der Waals surface area (Å²) in [5, 5.41) is 8.36. The monoisotopic (exact) mass is 211 g/mol. The molecule has 0 atom stereocenters. The Balaban J connectivity index is 2.59. The van der Waals surface area contributed by atoms with Crippen LogP contribution in [0.15, 0.2) is 12.2 Å². The summed E-state index contributed by atoms with van der Waals surface area (Å²) in [5.41, 5.74) is 0. The van der Waals surface area contributed by atoms with Gasteiger partial charge in [-0.25, -0.2) is 4.79 Å². The molecule has 1 aliphatic heterocycles. The van der Waals surface area contributed by atoms with Crippen molar-refractivity contribution in [2.75, 3.05) is 6.54 Å². The number of rotatable bonds is 3. The maximum Gasteiger partial charge on any atom is 0.328 e. The van der Waals surface area contributed by atoms with Gasteiger partial charge in [-0.15, -0.1) is 0 Å². The minimum Gasteiger partial charge on any atom is -0.478 e. The largest absolute Gasteiger partial charge is 0.478 e. The first-order valence-corrected chi connectivity index (χ1v) is 4.84. The van der Waals surface area contributed by atoms with E-state index >= 15 is 0 Å². The van der Waals surface area contributed by atoms with Gasteiger partial charge >= 0.3 is 5.97 Å². The fourth-order valence-electron chi connectivity index (χ4n) is 1.42.